The number of benzene rings is 2. The van der Waals surface area contributed by atoms with Crippen LogP contribution in [0.25, 0.3) is 0 Å². The SMILES string of the molecule is Cc1ccc(Sc2ccc(CN[C@H](C(=O)O)C(C)C)cc2[N+](=O)[O-])cc1. The fraction of sp³-hybridized carbons (Fsp3) is 0.316. The number of nitro groups is 1. The van der Waals surface area contributed by atoms with Crippen molar-refractivity contribution < 1.29 is 14.8 Å². The number of nitrogens with zero attached hydrogens (tertiary/aromatic N) is 1. The Labute approximate surface area is 156 Å². The Hall–Kier alpha value is -2.38. The standard InChI is InChI=1S/C19H22N2O4S/c1-12(2)18(19(22)23)20-11-14-6-9-17(16(10-14)21(24)25)26-15-7-4-13(3)5-8-15/h4-10,12,18,20H,11H2,1-3H3,(H,22,23)/t18-/m0/s1. The minimum atomic E-state index is -0.930. The molecule has 0 unspecified atom stereocenters. The molecule has 0 spiro atoms. The van der Waals surface area contributed by atoms with Gasteiger partial charge in [-0.25, -0.2) is 0 Å². The summed E-state index contributed by atoms with van der Waals surface area (Å²) in [4.78, 5) is 23.8. The number of carboxylic acid groups (broad SMARTS) is 1. The van der Waals surface area contributed by atoms with E-state index in [-0.39, 0.29) is 18.2 Å². The predicted octanol–water partition coefficient (Wildman–Crippen LogP) is 4.25. The highest BCUT2D eigenvalue weighted by atomic mass is 32.2. The van der Waals surface area contributed by atoms with E-state index in [2.05, 4.69) is 5.32 Å². The summed E-state index contributed by atoms with van der Waals surface area (Å²) in [6, 6.07) is 12.1. The van der Waals surface area contributed by atoms with E-state index in [0.29, 0.717) is 10.5 Å². The third-order valence-electron chi connectivity index (χ3n) is 3.93. The van der Waals surface area contributed by atoms with Gasteiger partial charge in [-0.05, 0) is 36.6 Å². The van der Waals surface area contributed by atoms with Crippen LogP contribution in [0.5, 0.6) is 0 Å². The topological polar surface area (TPSA) is 92.5 Å². The number of nitrogens with one attached hydrogen (secondary N) is 1. The van der Waals surface area contributed by atoms with Crippen LogP contribution in [-0.2, 0) is 11.3 Å². The molecule has 0 aromatic heterocycles. The van der Waals surface area contributed by atoms with Gasteiger partial charge in [0.25, 0.3) is 5.69 Å². The molecule has 0 radical (unpaired) electrons. The van der Waals surface area contributed by atoms with Crippen molar-refractivity contribution in [2.24, 2.45) is 5.92 Å². The van der Waals surface area contributed by atoms with E-state index in [1.807, 2.05) is 45.0 Å². The van der Waals surface area contributed by atoms with Crippen LogP contribution in [0, 0.1) is 23.0 Å². The van der Waals surface area contributed by atoms with Crippen LogP contribution < -0.4 is 5.32 Å². The van der Waals surface area contributed by atoms with E-state index < -0.39 is 16.9 Å². The average molecular weight is 374 g/mol. The first-order chi connectivity index (χ1) is 12.3. The van der Waals surface area contributed by atoms with Crippen LogP contribution in [0.1, 0.15) is 25.0 Å². The first kappa shape index (κ1) is 19.9. The third kappa shape index (κ3) is 5.31. The van der Waals surface area contributed by atoms with Gasteiger partial charge >= 0.3 is 5.97 Å². The third-order valence-corrected chi connectivity index (χ3v) is 5.00. The summed E-state index contributed by atoms with van der Waals surface area (Å²) in [6.07, 6.45) is 0. The second-order valence-corrected chi connectivity index (χ2v) is 7.53. The Bertz CT molecular complexity index is 791. The average Bonchev–Trinajstić information content (AvgIpc) is 2.57. The number of rotatable bonds is 8. The zero-order valence-corrected chi connectivity index (χ0v) is 15.7. The second-order valence-electron chi connectivity index (χ2n) is 6.42. The quantitative estimate of drug-likeness (QED) is 0.530. The van der Waals surface area contributed by atoms with Crippen LogP contribution in [-0.4, -0.2) is 22.0 Å². The number of carboxylic acids is 1. The molecule has 0 saturated carbocycles. The van der Waals surface area contributed by atoms with Crippen LogP contribution >= 0.6 is 11.8 Å². The van der Waals surface area contributed by atoms with Crippen molar-refractivity contribution in [3.8, 4) is 0 Å². The van der Waals surface area contributed by atoms with Crippen molar-refractivity contribution in [2.45, 2.75) is 43.1 Å². The molecule has 2 N–H and O–H groups in total. The van der Waals surface area contributed by atoms with Gasteiger partial charge in [-0.2, -0.15) is 0 Å². The van der Waals surface area contributed by atoms with E-state index in [1.165, 1.54) is 17.8 Å². The molecule has 7 heteroatoms. The van der Waals surface area contributed by atoms with Gasteiger partial charge in [0, 0.05) is 17.5 Å². The molecule has 26 heavy (non-hydrogen) atoms. The highest BCUT2D eigenvalue weighted by Gasteiger charge is 2.21. The molecular formula is C19H22N2O4S. The molecule has 0 heterocycles. The van der Waals surface area contributed by atoms with Gasteiger partial charge in [-0.1, -0.05) is 49.4 Å². The summed E-state index contributed by atoms with van der Waals surface area (Å²) in [5.74, 6) is -1.01. The maximum atomic E-state index is 11.5. The molecule has 6 nitrogen and oxygen atoms in total. The first-order valence-corrected chi connectivity index (χ1v) is 9.07. The summed E-state index contributed by atoms with van der Waals surface area (Å²) in [7, 11) is 0. The molecule has 0 aliphatic carbocycles. The molecule has 2 rings (SSSR count). The Morgan fingerprint density at radius 2 is 1.88 bits per heavy atom. The van der Waals surface area contributed by atoms with Crippen molar-refractivity contribution in [3.05, 3.63) is 63.7 Å². The summed E-state index contributed by atoms with van der Waals surface area (Å²) >= 11 is 1.34. The fourth-order valence-corrected chi connectivity index (χ4v) is 3.37. The highest BCUT2D eigenvalue weighted by molar-refractivity contribution is 7.99. The van der Waals surface area contributed by atoms with Gasteiger partial charge in [0.05, 0.1) is 9.82 Å². The van der Waals surface area contributed by atoms with Gasteiger partial charge in [0.15, 0.2) is 0 Å². The first-order valence-electron chi connectivity index (χ1n) is 8.26. The van der Waals surface area contributed by atoms with Crippen LogP contribution in [0.3, 0.4) is 0 Å². The van der Waals surface area contributed by atoms with Gasteiger partial charge in [-0.3, -0.25) is 14.9 Å². The van der Waals surface area contributed by atoms with E-state index in [9.17, 15) is 20.0 Å². The maximum absolute atomic E-state index is 11.5. The lowest BCUT2D eigenvalue weighted by Gasteiger charge is -2.18. The molecular weight excluding hydrogens is 352 g/mol. The molecule has 138 valence electrons. The highest BCUT2D eigenvalue weighted by Crippen LogP contribution is 2.35. The normalized spacial score (nSPS) is 12.2. The smallest absolute Gasteiger partial charge is 0.320 e. The maximum Gasteiger partial charge on any atom is 0.320 e. The van der Waals surface area contributed by atoms with Crippen molar-refractivity contribution in [3.63, 3.8) is 0 Å². The monoisotopic (exact) mass is 374 g/mol. The fourth-order valence-electron chi connectivity index (χ4n) is 2.47. The molecule has 2 aromatic carbocycles. The van der Waals surface area contributed by atoms with Crippen LogP contribution in [0.2, 0.25) is 0 Å². The predicted molar refractivity (Wildman–Crippen MR) is 101 cm³/mol. The van der Waals surface area contributed by atoms with Gasteiger partial charge < -0.3 is 10.4 Å². The summed E-state index contributed by atoms with van der Waals surface area (Å²) in [5.41, 5.74) is 1.83. The van der Waals surface area contributed by atoms with Crippen LogP contribution in [0.15, 0.2) is 52.3 Å². The number of hydrogen-bond acceptors (Lipinski definition) is 5. The number of hydrogen-bond donors (Lipinski definition) is 2. The minimum Gasteiger partial charge on any atom is -0.480 e. The van der Waals surface area contributed by atoms with Crippen molar-refractivity contribution in [1.82, 2.24) is 5.32 Å². The molecule has 1 atom stereocenters. The van der Waals surface area contributed by atoms with Crippen molar-refractivity contribution >= 4 is 23.4 Å². The number of aliphatic carboxylic acids is 1. The number of nitro benzene ring substituents is 1. The van der Waals surface area contributed by atoms with E-state index in [1.54, 1.807) is 12.1 Å². The summed E-state index contributed by atoms with van der Waals surface area (Å²) in [6.45, 7) is 5.87. The largest absolute Gasteiger partial charge is 0.480 e. The Morgan fingerprint density at radius 1 is 1.23 bits per heavy atom. The number of carbonyl (C=O) groups is 1. The van der Waals surface area contributed by atoms with E-state index in [0.717, 1.165) is 10.5 Å². The van der Waals surface area contributed by atoms with Crippen molar-refractivity contribution in [1.29, 1.82) is 0 Å². The van der Waals surface area contributed by atoms with Gasteiger partial charge in [-0.15, -0.1) is 0 Å². The lowest BCUT2D eigenvalue weighted by atomic mass is 10.0. The van der Waals surface area contributed by atoms with Crippen molar-refractivity contribution in [2.75, 3.05) is 0 Å². The Morgan fingerprint density at radius 3 is 2.42 bits per heavy atom. The Kier molecular flexibility index (Phi) is 6.76. The summed E-state index contributed by atoms with van der Waals surface area (Å²) < 4.78 is 0. The molecule has 0 aliphatic heterocycles. The van der Waals surface area contributed by atoms with Gasteiger partial charge in [0.2, 0.25) is 0 Å². The molecule has 0 aliphatic rings. The minimum absolute atomic E-state index is 0.0197. The van der Waals surface area contributed by atoms with E-state index in [4.69, 9.17) is 0 Å². The van der Waals surface area contributed by atoms with Crippen LogP contribution in [0.4, 0.5) is 5.69 Å². The number of aryl methyl sites for hydroxylation is 1. The second kappa shape index (κ2) is 8.82. The summed E-state index contributed by atoms with van der Waals surface area (Å²) in [5, 5.41) is 23.6. The molecule has 0 bridgehead atoms. The lowest BCUT2D eigenvalue weighted by Crippen LogP contribution is -2.40. The lowest BCUT2D eigenvalue weighted by molar-refractivity contribution is -0.387. The molecule has 0 amide bonds. The molecule has 2 aromatic rings. The molecule has 0 fully saturated rings. The zero-order chi connectivity index (χ0) is 19.3. The zero-order valence-electron chi connectivity index (χ0n) is 14.9. The Balaban J connectivity index is 2.18. The van der Waals surface area contributed by atoms with Gasteiger partial charge in [0.1, 0.15) is 6.04 Å². The van der Waals surface area contributed by atoms with E-state index >= 15 is 0 Å². The molecule has 0 saturated heterocycles.